The van der Waals surface area contributed by atoms with E-state index in [1.54, 1.807) is 12.4 Å². The maximum atomic E-state index is 11.8. The monoisotopic (exact) mass is 348 g/mol. The van der Waals surface area contributed by atoms with E-state index in [9.17, 15) is 10.1 Å². The lowest BCUT2D eigenvalue weighted by molar-refractivity contribution is -0.383. The molecule has 3 heterocycles. The van der Waals surface area contributed by atoms with Crippen molar-refractivity contribution in [1.29, 1.82) is 0 Å². The standard InChI is InChI=1S/C18H16N6O2/c25-24(26)16-17(20-11-13-4-3-8-19-10-13)21-12-22-18(16)23-9-7-14-5-1-2-6-15(14)23/h1-6,8,10,12H,7,9,11H2,(H,20,21,22). The van der Waals surface area contributed by atoms with Gasteiger partial charge in [0.2, 0.25) is 11.6 Å². The molecule has 0 atom stereocenters. The van der Waals surface area contributed by atoms with E-state index in [0.717, 1.165) is 23.2 Å². The second-order valence-electron chi connectivity index (χ2n) is 5.90. The molecule has 1 N–H and O–H groups in total. The molecule has 0 bridgehead atoms. The van der Waals surface area contributed by atoms with Crippen LogP contribution >= 0.6 is 0 Å². The summed E-state index contributed by atoms with van der Waals surface area (Å²) in [5, 5.41) is 14.8. The van der Waals surface area contributed by atoms with Crippen LogP contribution in [0.4, 0.5) is 23.0 Å². The number of nitrogens with one attached hydrogen (secondary N) is 1. The number of hydrogen-bond donors (Lipinski definition) is 1. The molecule has 8 nitrogen and oxygen atoms in total. The van der Waals surface area contributed by atoms with E-state index >= 15 is 0 Å². The smallest absolute Gasteiger partial charge is 0.353 e. The Bertz CT molecular complexity index is 947. The van der Waals surface area contributed by atoms with Crippen molar-refractivity contribution >= 4 is 23.0 Å². The van der Waals surface area contributed by atoms with Gasteiger partial charge in [-0.2, -0.15) is 0 Å². The van der Waals surface area contributed by atoms with E-state index in [2.05, 4.69) is 20.3 Å². The molecule has 0 saturated carbocycles. The zero-order chi connectivity index (χ0) is 17.9. The van der Waals surface area contributed by atoms with Crippen molar-refractivity contribution in [3.05, 3.63) is 76.4 Å². The van der Waals surface area contributed by atoms with Crippen LogP contribution in [0.1, 0.15) is 11.1 Å². The Morgan fingerprint density at radius 3 is 2.88 bits per heavy atom. The van der Waals surface area contributed by atoms with Crippen LogP contribution in [0.15, 0.2) is 55.1 Å². The Morgan fingerprint density at radius 1 is 1.19 bits per heavy atom. The summed E-state index contributed by atoms with van der Waals surface area (Å²) >= 11 is 0. The lowest BCUT2D eigenvalue weighted by Crippen LogP contribution is -2.18. The molecule has 2 aromatic heterocycles. The van der Waals surface area contributed by atoms with Crippen molar-refractivity contribution in [2.24, 2.45) is 0 Å². The largest absolute Gasteiger partial charge is 0.360 e. The number of pyridine rings is 1. The molecule has 130 valence electrons. The summed E-state index contributed by atoms with van der Waals surface area (Å²) in [7, 11) is 0. The third-order valence-electron chi connectivity index (χ3n) is 4.31. The summed E-state index contributed by atoms with van der Waals surface area (Å²) in [4.78, 5) is 25.6. The van der Waals surface area contributed by atoms with E-state index in [4.69, 9.17) is 0 Å². The number of para-hydroxylation sites is 1. The molecule has 0 unspecified atom stereocenters. The van der Waals surface area contributed by atoms with Crippen molar-refractivity contribution in [3.63, 3.8) is 0 Å². The first-order chi connectivity index (χ1) is 12.7. The summed E-state index contributed by atoms with van der Waals surface area (Å²) in [5.74, 6) is 0.511. The van der Waals surface area contributed by atoms with Gasteiger partial charge in [-0.25, -0.2) is 9.97 Å². The van der Waals surface area contributed by atoms with E-state index < -0.39 is 4.92 Å². The predicted octanol–water partition coefficient (Wildman–Crippen LogP) is 3.09. The molecule has 1 aromatic carbocycles. The molecule has 0 spiro atoms. The number of rotatable bonds is 5. The Balaban J connectivity index is 1.69. The highest BCUT2D eigenvalue weighted by Crippen LogP contribution is 2.40. The number of hydrogen-bond acceptors (Lipinski definition) is 7. The van der Waals surface area contributed by atoms with E-state index in [1.807, 2.05) is 41.3 Å². The maximum Gasteiger partial charge on any atom is 0.353 e. The molecule has 8 heteroatoms. The van der Waals surface area contributed by atoms with E-state index in [1.165, 1.54) is 6.33 Å². The first-order valence-corrected chi connectivity index (χ1v) is 8.21. The number of benzene rings is 1. The molecule has 0 radical (unpaired) electrons. The molecule has 0 aliphatic carbocycles. The second kappa shape index (κ2) is 6.75. The Morgan fingerprint density at radius 2 is 2.08 bits per heavy atom. The van der Waals surface area contributed by atoms with Gasteiger partial charge in [-0.3, -0.25) is 15.1 Å². The predicted molar refractivity (Wildman–Crippen MR) is 97.4 cm³/mol. The molecular formula is C18H16N6O2. The van der Waals surface area contributed by atoms with Crippen LogP contribution in [0.5, 0.6) is 0 Å². The van der Waals surface area contributed by atoms with Crippen LogP contribution in [0.3, 0.4) is 0 Å². The van der Waals surface area contributed by atoms with Crippen molar-refractivity contribution in [1.82, 2.24) is 15.0 Å². The van der Waals surface area contributed by atoms with E-state index in [0.29, 0.717) is 18.9 Å². The molecule has 1 aliphatic rings. The minimum atomic E-state index is -0.429. The van der Waals surface area contributed by atoms with Gasteiger partial charge in [-0.15, -0.1) is 0 Å². The Hall–Kier alpha value is -3.55. The van der Waals surface area contributed by atoms with Gasteiger partial charge < -0.3 is 10.2 Å². The van der Waals surface area contributed by atoms with Crippen LogP contribution in [-0.2, 0) is 13.0 Å². The van der Waals surface area contributed by atoms with Gasteiger partial charge in [0.1, 0.15) is 6.33 Å². The quantitative estimate of drug-likeness (QED) is 0.559. The zero-order valence-electron chi connectivity index (χ0n) is 13.9. The van der Waals surface area contributed by atoms with Crippen molar-refractivity contribution < 1.29 is 4.92 Å². The highest BCUT2D eigenvalue weighted by molar-refractivity contribution is 5.78. The van der Waals surface area contributed by atoms with Crippen LogP contribution in [-0.4, -0.2) is 26.4 Å². The third-order valence-corrected chi connectivity index (χ3v) is 4.31. The number of anilines is 3. The molecule has 3 aromatic rings. The van der Waals surface area contributed by atoms with Gasteiger partial charge in [-0.1, -0.05) is 24.3 Å². The van der Waals surface area contributed by atoms with Crippen LogP contribution in [0.2, 0.25) is 0 Å². The average Bonchev–Trinajstić information content (AvgIpc) is 3.10. The average molecular weight is 348 g/mol. The summed E-state index contributed by atoms with van der Waals surface area (Å²) in [5.41, 5.74) is 2.90. The number of fused-ring (bicyclic) bond motifs is 1. The molecule has 0 fully saturated rings. The van der Waals surface area contributed by atoms with Crippen LogP contribution < -0.4 is 10.2 Å². The highest BCUT2D eigenvalue weighted by Gasteiger charge is 2.31. The van der Waals surface area contributed by atoms with Crippen molar-refractivity contribution in [3.8, 4) is 0 Å². The summed E-state index contributed by atoms with van der Waals surface area (Å²) < 4.78 is 0. The number of nitro groups is 1. The first kappa shape index (κ1) is 15.9. The van der Waals surface area contributed by atoms with Gasteiger partial charge in [0.25, 0.3) is 0 Å². The van der Waals surface area contributed by atoms with Gasteiger partial charge in [0.05, 0.1) is 4.92 Å². The van der Waals surface area contributed by atoms with Gasteiger partial charge >= 0.3 is 5.69 Å². The maximum absolute atomic E-state index is 11.8. The first-order valence-electron chi connectivity index (χ1n) is 8.21. The fourth-order valence-corrected chi connectivity index (χ4v) is 3.11. The normalized spacial score (nSPS) is 12.7. The van der Waals surface area contributed by atoms with Crippen LogP contribution in [0, 0.1) is 10.1 Å². The summed E-state index contributed by atoms with van der Waals surface area (Å²) in [6.45, 7) is 1.04. The lowest BCUT2D eigenvalue weighted by atomic mass is 10.2. The van der Waals surface area contributed by atoms with Crippen molar-refractivity contribution in [2.45, 2.75) is 13.0 Å². The molecule has 1 aliphatic heterocycles. The van der Waals surface area contributed by atoms with E-state index in [-0.39, 0.29) is 11.5 Å². The van der Waals surface area contributed by atoms with Crippen molar-refractivity contribution in [2.75, 3.05) is 16.8 Å². The highest BCUT2D eigenvalue weighted by atomic mass is 16.6. The number of aromatic nitrogens is 3. The second-order valence-corrected chi connectivity index (χ2v) is 5.90. The summed E-state index contributed by atoms with van der Waals surface area (Å²) in [6.07, 6.45) is 5.57. The van der Waals surface area contributed by atoms with Gasteiger partial charge in [0, 0.05) is 31.2 Å². The molecule has 26 heavy (non-hydrogen) atoms. The minimum absolute atomic E-state index is 0.118. The minimum Gasteiger partial charge on any atom is -0.360 e. The van der Waals surface area contributed by atoms with Gasteiger partial charge in [-0.05, 0) is 29.7 Å². The van der Waals surface area contributed by atoms with Gasteiger partial charge in [0.15, 0.2) is 0 Å². The molecule has 4 rings (SSSR count). The fourth-order valence-electron chi connectivity index (χ4n) is 3.11. The SMILES string of the molecule is O=[N+]([O-])c1c(NCc2cccnc2)ncnc1N1CCc2ccccc21. The molecular weight excluding hydrogens is 332 g/mol. The molecule has 0 amide bonds. The Kier molecular flexibility index (Phi) is 4.14. The van der Waals surface area contributed by atoms with Crippen LogP contribution in [0.25, 0.3) is 0 Å². The summed E-state index contributed by atoms with van der Waals surface area (Å²) in [6, 6.07) is 11.6. The zero-order valence-corrected chi connectivity index (χ0v) is 13.9. The number of nitrogens with zero attached hydrogens (tertiary/aromatic N) is 5. The topological polar surface area (TPSA) is 97.1 Å². The Labute approximate surface area is 149 Å². The molecule has 0 saturated heterocycles. The lowest BCUT2D eigenvalue weighted by Gasteiger charge is -2.19. The third kappa shape index (κ3) is 2.92. The fraction of sp³-hybridized carbons (Fsp3) is 0.167.